The zero-order chi connectivity index (χ0) is 17.1. The van der Waals surface area contributed by atoms with Gasteiger partial charge in [-0.3, -0.25) is 0 Å². The van der Waals surface area contributed by atoms with Gasteiger partial charge in [-0.15, -0.1) is 0 Å². The summed E-state index contributed by atoms with van der Waals surface area (Å²) in [5.41, 5.74) is 1.74. The van der Waals surface area contributed by atoms with Crippen LogP contribution in [0.25, 0.3) is 0 Å². The van der Waals surface area contributed by atoms with Gasteiger partial charge in [-0.25, -0.2) is 10.0 Å². The first-order chi connectivity index (χ1) is 10.8. The summed E-state index contributed by atoms with van der Waals surface area (Å²) in [6.45, 7) is 5.27. The van der Waals surface area contributed by atoms with Crippen molar-refractivity contribution >= 4 is 29.0 Å². The molecule has 1 aliphatic rings. The topological polar surface area (TPSA) is 98.1 Å². The molecule has 1 aromatic rings. The van der Waals surface area contributed by atoms with E-state index in [0.29, 0.717) is 21.9 Å². The molecule has 124 valence electrons. The molecule has 4 N–H and O–H groups in total. The Balaban J connectivity index is 2.44. The van der Waals surface area contributed by atoms with E-state index in [4.69, 9.17) is 22.2 Å². The van der Waals surface area contributed by atoms with Crippen molar-refractivity contribution in [3.05, 3.63) is 46.3 Å². The second kappa shape index (κ2) is 7.05. The van der Waals surface area contributed by atoms with Gasteiger partial charge in [-0.1, -0.05) is 12.1 Å². The van der Waals surface area contributed by atoms with Crippen molar-refractivity contribution in [2.24, 2.45) is 0 Å². The van der Waals surface area contributed by atoms with Crippen LogP contribution in [-0.4, -0.2) is 22.4 Å². The monoisotopic (exact) mass is 337 g/mol. The van der Waals surface area contributed by atoms with Gasteiger partial charge in [0.2, 0.25) is 0 Å². The van der Waals surface area contributed by atoms with Crippen LogP contribution in [-0.2, 0) is 9.53 Å². The highest BCUT2D eigenvalue weighted by molar-refractivity contribution is 7.80. The predicted molar refractivity (Wildman–Crippen MR) is 87.8 cm³/mol. The van der Waals surface area contributed by atoms with Gasteiger partial charge in [0.25, 0.3) is 0 Å². The minimum atomic E-state index is -1.03. The number of carbonyl (C=O) groups excluding carboxylic acids is 1. The minimum absolute atomic E-state index is 0.142. The second-order valence-electron chi connectivity index (χ2n) is 5.45. The van der Waals surface area contributed by atoms with Gasteiger partial charge >= 0.3 is 5.97 Å². The second-order valence-corrected chi connectivity index (χ2v) is 5.86. The van der Waals surface area contributed by atoms with Crippen molar-refractivity contribution in [1.82, 2.24) is 10.6 Å². The molecular formula is C15H19N3O4S. The van der Waals surface area contributed by atoms with Crippen LogP contribution in [0, 0.1) is 5.21 Å². The molecule has 2 atom stereocenters. The Bertz CT molecular complexity index is 658. The summed E-state index contributed by atoms with van der Waals surface area (Å²) < 4.78 is 5.29. The maximum atomic E-state index is 12.4. The normalized spacial score (nSPS) is 19.2. The molecular weight excluding hydrogens is 318 g/mol. The van der Waals surface area contributed by atoms with E-state index in [0.717, 1.165) is 0 Å². The zero-order valence-corrected chi connectivity index (χ0v) is 13.9. The summed E-state index contributed by atoms with van der Waals surface area (Å²) in [5.74, 6) is -0.467. The molecule has 0 spiro atoms. The van der Waals surface area contributed by atoms with Crippen LogP contribution >= 0.6 is 12.2 Å². The number of thiocarbonyl (C=S) groups is 1. The first-order valence-corrected chi connectivity index (χ1v) is 7.53. The number of allylic oxidation sites excluding steroid dienone is 1. The lowest BCUT2D eigenvalue weighted by atomic mass is 9.95. The molecule has 0 bridgehead atoms. The number of esters is 1. The molecule has 7 nitrogen and oxygen atoms in total. The third-order valence-corrected chi connectivity index (χ3v) is 3.52. The maximum absolute atomic E-state index is 12.4. The number of quaternary nitrogens is 1. The quantitative estimate of drug-likeness (QED) is 0.367. The zero-order valence-electron chi connectivity index (χ0n) is 13.0. The first-order valence-electron chi connectivity index (χ1n) is 7.12. The molecule has 0 amide bonds. The van der Waals surface area contributed by atoms with Crippen LogP contribution in [0.4, 0.5) is 5.69 Å². The minimum Gasteiger partial charge on any atom is -0.595 e. The summed E-state index contributed by atoms with van der Waals surface area (Å²) in [7, 11) is 0. The average molecular weight is 337 g/mol. The molecule has 8 heteroatoms. The SMILES string of the molecule is CC1=C(C(=O)OC(C)C)[C@H](c2cccc([NH+]([O-])O)c2)NC(=S)N1. The van der Waals surface area contributed by atoms with Crippen molar-refractivity contribution in [2.45, 2.75) is 32.9 Å². The van der Waals surface area contributed by atoms with E-state index >= 15 is 0 Å². The van der Waals surface area contributed by atoms with Gasteiger partial charge < -0.3 is 20.6 Å². The summed E-state index contributed by atoms with van der Waals surface area (Å²) in [5, 5.41) is 25.5. The molecule has 0 aromatic heterocycles. The number of ether oxygens (including phenoxy) is 1. The lowest BCUT2D eigenvalue weighted by Gasteiger charge is -2.30. The molecule has 0 saturated heterocycles. The van der Waals surface area contributed by atoms with Gasteiger partial charge in [-0.2, -0.15) is 5.23 Å². The van der Waals surface area contributed by atoms with Gasteiger partial charge in [0.15, 0.2) is 10.8 Å². The van der Waals surface area contributed by atoms with Crippen LogP contribution < -0.4 is 15.9 Å². The Morgan fingerprint density at radius 1 is 1.48 bits per heavy atom. The molecule has 0 aliphatic carbocycles. The highest BCUT2D eigenvalue weighted by Gasteiger charge is 2.31. The van der Waals surface area contributed by atoms with Crippen LogP contribution in [0.5, 0.6) is 0 Å². The highest BCUT2D eigenvalue weighted by Crippen LogP contribution is 2.28. The smallest absolute Gasteiger partial charge is 0.338 e. The van der Waals surface area contributed by atoms with Crippen LogP contribution in [0.2, 0.25) is 0 Å². The summed E-state index contributed by atoms with van der Waals surface area (Å²) in [4.78, 5) is 12.4. The largest absolute Gasteiger partial charge is 0.595 e. The highest BCUT2D eigenvalue weighted by atomic mass is 32.1. The lowest BCUT2D eigenvalue weighted by molar-refractivity contribution is -0.991. The molecule has 1 heterocycles. The fourth-order valence-corrected chi connectivity index (χ4v) is 2.61. The third kappa shape index (κ3) is 4.05. The van der Waals surface area contributed by atoms with E-state index in [2.05, 4.69) is 10.6 Å². The molecule has 2 rings (SSSR count). The van der Waals surface area contributed by atoms with Gasteiger partial charge in [0.05, 0.1) is 17.7 Å². The van der Waals surface area contributed by atoms with Gasteiger partial charge in [-0.05, 0) is 38.6 Å². The fraction of sp³-hybridized carbons (Fsp3) is 0.333. The number of hydrogen-bond acceptors (Lipinski definition) is 5. The van der Waals surface area contributed by atoms with Crippen molar-refractivity contribution in [3.63, 3.8) is 0 Å². The van der Waals surface area contributed by atoms with E-state index in [1.807, 2.05) is 0 Å². The first kappa shape index (κ1) is 17.4. The molecule has 0 saturated carbocycles. The number of hydrogen-bond donors (Lipinski definition) is 4. The standard InChI is InChI=1S/C15H19N3O4S/c1-8(2)22-14(19)12-9(3)16-15(23)17-13(12)10-5-4-6-11(7-10)18(20)21/h4-8,13,18,20H,1-3H3,(H2,16,17,23)/t13-/m0/s1. The Hall–Kier alpha value is -2.00. The van der Waals surface area contributed by atoms with E-state index in [9.17, 15) is 10.0 Å². The van der Waals surface area contributed by atoms with Crippen LogP contribution in [0.15, 0.2) is 35.5 Å². The molecule has 1 unspecified atom stereocenters. The van der Waals surface area contributed by atoms with Crippen molar-refractivity contribution in [1.29, 1.82) is 0 Å². The van der Waals surface area contributed by atoms with Crippen LogP contribution in [0.1, 0.15) is 32.4 Å². The summed E-state index contributed by atoms with van der Waals surface area (Å²) in [6, 6.07) is 5.83. The summed E-state index contributed by atoms with van der Waals surface area (Å²) in [6.07, 6.45) is -0.261. The number of nitrogens with one attached hydrogen (secondary N) is 3. The van der Waals surface area contributed by atoms with Crippen LogP contribution in [0.3, 0.4) is 0 Å². The van der Waals surface area contributed by atoms with Gasteiger partial charge in [0.1, 0.15) is 0 Å². The van der Waals surface area contributed by atoms with E-state index in [1.165, 1.54) is 12.1 Å². The van der Waals surface area contributed by atoms with Gasteiger partial charge in [0, 0.05) is 17.8 Å². The maximum Gasteiger partial charge on any atom is 0.338 e. The number of carbonyl (C=O) groups is 1. The lowest BCUT2D eigenvalue weighted by Crippen LogP contribution is -2.99. The summed E-state index contributed by atoms with van der Waals surface area (Å²) >= 11 is 5.15. The third-order valence-electron chi connectivity index (χ3n) is 3.30. The molecule has 0 fully saturated rings. The average Bonchev–Trinajstić information content (AvgIpc) is 2.45. The van der Waals surface area contributed by atoms with E-state index in [1.54, 1.807) is 32.9 Å². The molecule has 23 heavy (non-hydrogen) atoms. The number of rotatable bonds is 4. The number of benzene rings is 1. The molecule has 1 aliphatic heterocycles. The van der Waals surface area contributed by atoms with Crippen molar-refractivity contribution in [3.8, 4) is 0 Å². The Morgan fingerprint density at radius 3 is 2.78 bits per heavy atom. The van der Waals surface area contributed by atoms with Crippen molar-refractivity contribution in [2.75, 3.05) is 0 Å². The Morgan fingerprint density at radius 2 is 2.17 bits per heavy atom. The Kier molecular flexibility index (Phi) is 5.32. The van der Waals surface area contributed by atoms with Crippen molar-refractivity contribution < 1.29 is 20.0 Å². The molecule has 1 aromatic carbocycles. The Labute approximate surface area is 139 Å². The molecule has 0 radical (unpaired) electrons. The van der Waals surface area contributed by atoms with E-state index in [-0.39, 0.29) is 11.8 Å². The van der Waals surface area contributed by atoms with E-state index < -0.39 is 17.2 Å². The fourth-order valence-electron chi connectivity index (χ4n) is 2.34. The predicted octanol–water partition coefficient (Wildman–Crippen LogP) is 0.834.